The second-order valence-corrected chi connectivity index (χ2v) is 3.83. The number of hydrogen-bond acceptors (Lipinski definition) is 3. The van der Waals surface area contributed by atoms with Crippen molar-refractivity contribution in [3.05, 3.63) is 35.4 Å². The second-order valence-electron chi connectivity index (χ2n) is 3.83. The van der Waals surface area contributed by atoms with Gasteiger partial charge in [0.1, 0.15) is 23.3 Å². The van der Waals surface area contributed by atoms with E-state index in [9.17, 15) is 18.4 Å². The lowest BCUT2D eigenvalue weighted by atomic mass is 9.91. The van der Waals surface area contributed by atoms with E-state index in [1.165, 1.54) is 0 Å². The van der Waals surface area contributed by atoms with Gasteiger partial charge in [0.15, 0.2) is 5.78 Å². The highest BCUT2D eigenvalue weighted by atomic mass is 19.1. The van der Waals surface area contributed by atoms with Crippen LogP contribution in [0.1, 0.15) is 16.8 Å². The Kier molecular flexibility index (Phi) is 3.28. The normalized spacial score (nSPS) is 20.4. The van der Waals surface area contributed by atoms with Gasteiger partial charge in [-0.25, -0.2) is 8.78 Å². The lowest BCUT2D eigenvalue weighted by Gasteiger charge is -2.19. The standard InChI is InChI=1S/C12H10F2O3/c13-7-1-2-10(14)8(5-7)12(16)9-6-17-4-3-11(9)15/h1-2,5,9H,3-4,6H2. The maximum Gasteiger partial charge on any atom is 0.178 e. The molecule has 0 radical (unpaired) electrons. The first kappa shape index (κ1) is 11.9. The maximum atomic E-state index is 13.4. The third-order valence-electron chi connectivity index (χ3n) is 2.68. The highest BCUT2D eigenvalue weighted by Gasteiger charge is 2.31. The van der Waals surface area contributed by atoms with Gasteiger partial charge < -0.3 is 4.74 Å². The van der Waals surface area contributed by atoms with Gasteiger partial charge in [-0.3, -0.25) is 9.59 Å². The summed E-state index contributed by atoms with van der Waals surface area (Å²) < 4.78 is 31.3. The van der Waals surface area contributed by atoms with Crippen molar-refractivity contribution in [1.82, 2.24) is 0 Å². The van der Waals surface area contributed by atoms with Gasteiger partial charge in [0.2, 0.25) is 0 Å². The molecule has 0 aromatic heterocycles. The van der Waals surface area contributed by atoms with Gasteiger partial charge in [-0.2, -0.15) is 0 Å². The number of benzene rings is 1. The Morgan fingerprint density at radius 1 is 1.35 bits per heavy atom. The summed E-state index contributed by atoms with van der Waals surface area (Å²) in [4.78, 5) is 23.4. The number of halogens is 2. The third-order valence-corrected chi connectivity index (χ3v) is 2.68. The van der Waals surface area contributed by atoms with Gasteiger partial charge in [0.25, 0.3) is 0 Å². The van der Waals surface area contributed by atoms with Crippen LogP contribution >= 0.6 is 0 Å². The SMILES string of the molecule is O=C1CCOCC1C(=O)c1cc(F)ccc1F. The third kappa shape index (κ3) is 2.39. The van der Waals surface area contributed by atoms with E-state index in [1.54, 1.807) is 0 Å². The minimum absolute atomic E-state index is 0.0619. The molecule has 0 saturated carbocycles. The van der Waals surface area contributed by atoms with Crippen LogP contribution in [-0.4, -0.2) is 24.8 Å². The molecular weight excluding hydrogens is 230 g/mol. The van der Waals surface area contributed by atoms with Gasteiger partial charge in [-0.05, 0) is 18.2 Å². The highest BCUT2D eigenvalue weighted by Crippen LogP contribution is 2.19. The van der Waals surface area contributed by atoms with Gasteiger partial charge >= 0.3 is 0 Å². The van der Waals surface area contributed by atoms with Gasteiger partial charge in [0, 0.05) is 6.42 Å². The molecule has 0 spiro atoms. The average Bonchev–Trinajstić information content (AvgIpc) is 2.32. The van der Waals surface area contributed by atoms with Crippen LogP contribution in [0.25, 0.3) is 0 Å². The van der Waals surface area contributed by atoms with E-state index in [1.807, 2.05) is 0 Å². The smallest absolute Gasteiger partial charge is 0.178 e. The summed E-state index contributed by atoms with van der Waals surface area (Å²) in [6.45, 7) is 0.210. The Hall–Kier alpha value is -1.62. The molecule has 0 amide bonds. The first-order valence-electron chi connectivity index (χ1n) is 5.19. The second kappa shape index (κ2) is 4.71. The Morgan fingerprint density at radius 2 is 2.12 bits per heavy atom. The Labute approximate surface area is 96.4 Å². The van der Waals surface area contributed by atoms with Crippen LogP contribution in [-0.2, 0) is 9.53 Å². The number of ether oxygens (including phenoxy) is 1. The summed E-state index contributed by atoms with van der Waals surface area (Å²) in [5.74, 6) is -3.55. The summed E-state index contributed by atoms with van der Waals surface area (Å²) in [5, 5.41) is 0. The van der Waals surface area contributed by atoms with E-state index >= 15 is 0 Å². The average molecular weight is 240 g/mol. The first-order valence-corrected chi connectivity index (χ1v) is 5.19. The Balaban J connectivity index is 2.29. The number of carbonyl (C=O) groups is 2. The molecule has 1 saturated heterocycles. The largest absolute Gasteiger partial charge is 0.380 e. The van der Waals surface area contributed by atoms with Crippen molar-refractivity contribution in [2.45, 2.75) is 6.42 Å². The number of Topliss-reactive ketones (excluding diaryl/α,β-unsaturated/α-hetero) is 2. The van der Waals surface area contributed by atoms with E-state index in [0.717, 1.165) is 18.2 Å². The predicted molar refractivity (Wildman–Crippen MR) is 54.6 cm³/mol. The van der Waals surface area contributed by atoms with Crippen molar-refractivity contribution in [1.29, 1.82) is 0 Å². The summed E-state index contributed by atoms with van der Waals surface area (Å²) in [7, 11) is 0. The van der Waals surface area contributed by atoms with E-state index in [-0.39, 0.29) is 25.4 Å². The minimum Gasteiger partial charge on any atom is -0.380 e. The molecule has 1 heterocycles. The molecule has 0 N–H and O–H groups in total. The van der Waals surface area contributed by atoms with Crippen LogP contribution in [0, 0.1) is 17.6 Å². The molecule has 1 atom stereocenters. The zero-order chi connectivity index (χ0) is 12.4. The van der Waals surface area contributed by atoms with E-state index in [4.69, 9.17) is 4.74 Å². The Bertz CT molecular complexity index is 471. The number of rotatable bonds is 2. The molecule has 90 valence electrons. The first-order chi connectivity index (χ1) is 8.09. The molecule has 1 fully saturated rings. The topological polar surface area (TPSA) is 43.4 Å². The lowest BCUT2D eigenvalue weighted by molar-refractivity contribution is -0.128. The lowest BCUT2D eigenvalue weighted by Crippen LogP contribution is -2.34. The number of ketones is 2. The van der Waals surface area contributed by atoms with Crippen molar-refractivity contribution in [2.24, 2.45) is 5.92 Å². The predicted octanol–water partition coefficient (Wildman–Crippen LogP) is 1.75. The van der Waals surface area contributed by atoms with Gasteiger partial charge in [-0.1, -0.05) is 0 Å². The van der Waals surface area contributed by atoms with Crippen LogP contribution in [0.2, 0.25) is 0 Å². The fourth-order valence-corrected chi connectivity index (χ4v) is 1.74. The molecule has 1 aliphatic rings. The molecule has 2 rings (SSSR count). The molecule has 3 nitrogen and oxygen atoms in total. The van der Waals surface area contributed by atoms with Crippen molar-refractivity contribution in [3.63, 3.8) is 0 Å². The van der Waals surface area contributed by atoms with Crippen molar-refractivity contribution in [3.8, 4) is 0 Å². The zero-order valence-corrected chi connectivity index (χ0v) is 8.91. The van der Waals surface area contributed by atoms with Gasteiger partial charge in [0.05, 0.1) is 18.8 Å². The maximum absolute atomic E-state index is 13.4. The van der Waals surface area contributed by atoms with E-state index < -0.39 is 28.9 Å². The Morgan fingerprint density at radius 3 is 2.82 bits per heavy atom. The van der Waals surface area contributed by atoms with Crippen molar-refractivity contribution >= 4 is 11.6 Å². The van der Waals surface area contributed by atoms with E-state index in [0.29, 0.717) is 0 Å². The molecule has 5 heteroatoms. The van der Waals surface area contributed by atoms with E-state index in [2.05, 4.69) is 0 Å². The fraction of sp³-hybridized carbons (Fsp3) is 0.333. The molecule has 1 unspecified atom stereocenters. The highest BCUT2D eigenvalue weighted by molar-refractivity contribution is 6.11. The van der Waals surface area contributed by atoms with Crippen LogP contribution in [0.5, 0.6) is 0 Å². The van der Waals surface area contributed by atoms with Gasteiger partial charge in [-0.15, -0.1) is 0 Å². The summed E-state index contributed by atoms with van der Waals surface area (Å²) in [6, 6.07) is 2.60. The molecule has 0 aliphatic carbocycles. The quantitative estimate of drug-likeness (QED) is 0.584. The fourth-order valence-electron chi connectivity index (χ4n) is 1.74. The van der Waals surface area contributed by atoms with Crippen molar-refractivity contribution in [2.75, 3.05) is 13.2 Å². The summed E-state index contributed by atoms with van der Waals surface area (Å²) in [5.41, 5.74) is -0.395. The molecule has 0 bridgehead atoms. The number of hydrogen-bond donors (Lipinski definition) is 0. The van der Waals surface area contributed by atoms with Crippen LogP contribution in [0.4, 0.5) is 8.78 Å². The molecule has 1 aromatic carbocycles. The van der Waals surface area contributed by atoms with Crippen molar-refractivity contribution < 1.29 is 23.1 Å². The molecule has 1 aliphatic heterocycles. The summed E-state index contributed by atoms with van der Waals surface area (Å²) >= 11 is 0. The zero-order valence-electron chi connectivity index (χ0n) is 8.91. The summed E-state index contributed by atoms with van der Waals surface area (Å²) in [6.07, 6.45) is 0.132. The minimum atomic E-state index is -1.01. The number of carbonyl (C=O) groups excluding carboxylic acids is 2. The van der Waals surface area contributed by atoms with Crippen LogP contribution in [0.15, 0.2) is 18.2 Å². The molecule has 1 aromatic rings. The van der Waals surface area contributed by atoms with Crippen LogP contribution in [0.3, 0.4) is 0 Å². The molecular formula is C12H10F2O3. The monoisotopic (exact) mass is 240 g/mol. The van der Waals surface area contributed by atoms with Crippen LogP contribution < -0.4 is 0 Å². The molecule has 17 heavy (non-hydrogen) atoms.